The van der Waals surface area contributed by atoms with Crippen LogP contribution in [0, 0.1) is 0 Å². The molecule has 2 aliphatic heterocycles. The van der Waals surface area contributed by atoms with Gasteiger partial charge in [0.2, 0.25) is 6.79 Å². The molecule has 4 rings (SSSR count). The maximum atomic E-state index is 11.7. The van der Waals surface area contributed by atoms with Crippen LogP contribution in [0.3, 0.4) is 0 Å². The molecule has 0 amide bonds. The number of fused-ring (bicyclic) bond motifs is 1. The van der Waals surface area contributed by atoms with Crippen LogP contribution in [0.2, 0.25) is 0 Å². The Morgan fingerprint density at radius 2 is 1.96 bits per heavy atom. The normalized spacial score (nSPS) is 18.9. The van der Waals surface area contributed by atoms with Gasteiger partial charge in [-0.05, 0) is 48.2 Å². The van der Waals surface area contributed by atoms with Gasteiger partial charge in [-0.15, -0.1) is 0 Å². The molecule has 26 heavy (non-hydrogen) atoms. The summed E-state index contributed by atoms with van der Waals surface area (Å²) >= 11 is 0. The first kappa shape index (κ1) is 16.9. The van der Waals surface area contributed by atoms with Gasteiger partial charge in [-0.2, -0.15) is 0 Å². The molecule has 0 aromatic heterocycles. The number of carbonyl (C=O) groups excluding carboxylic acids is 1. The van der Waals surface area contributed by atoms with E-state index in [0.29, 0.717) is 19.3 Å². The van der Waals surface area contributed by atoms with Crippen LogP contribution in [0.1, 0.15) is 35.6 Å². The minimum Gasteiger partial charge on any atom is -0.469 e. The largest absolute Gasteiger partial charge is 0.469 e. The fourth-order valence-corrected chi connectivity index (χ4v) is 3.84. The first-order chi connectivity index (χ1) is 12.7. The summed E-state index contributed by atoms with van der Waals surface area (Å²) in [5.41, 5.74) is 3.48. The number of likely N-dealkylation sites (tertiary alicyclic amines) is 1. The van der Waals surface area contributed by atoms with Crippen molar-refractivity contribution >= 4 is 5.97 Å². The van der Waals surface area contributed by atoms with E-state index < -0.39 is 0 Å². The topological polar surface area (TPSA) is 48.0 Å². The fourth-order valence-electron chi connectivity index (χ4n) is 3.84. The highest BCUT2D eigenvalue weighted by molar-refractivity contribution is 5.72. The molecule has 2 aromatic carbocycles. The third-order valence-electron chi connectivity index (χ3n) is 5.20. The van der Waals surface area contributed by atoms with E-state index in [4.69, 9.17) is 14.2 Å². The van der Waals surface area contributed by atoms with Crippen molar-refractivity contribution in [3.63, 3.8) is 0 Å². The van der Waals surface area contributed by atoms with Gasteiger partial charge in [-0.25, -0.2) is 0 Å². The van der Waals surface area contributed by atoms with Crippen LogP contribution in [0.15, 0.2) is 42.5 Å². The fraction of sp³-hybridized carbons (Fsp3) is 0.381. The molecule has 0 saturated carbocycles. The minimum absolute atomic E-state index is 0.203. The molecule has 5 nitrogen and oxygen atoms in total. The smallest absolute Gasteiger partial charge is 0.309 e. The van der Waals surface area contributed by atoms with Crippen LogP contribution in [-0.2, 0) is 22.5 Å². The predicted octanol–water partition coefficient (Wildman–Crippen LogP) is 3.47. The van der Waals surface area contributed by atoms with E-state index in [1.165, 1.54) is 18.2 Å². The average Bonchev–Trinajstić information content (AvgIpc) is 3.31. The Morgan fingerprint density at radius 3 is 2.81 bits per heavy atom. The third-order valence-corrected chi connectivity index (χ3v) is 5.20. The summed E-state index contributed by atoms with van der Waals surface area (Å²) < 4.78 is 15.8. The van der Waals surface area contributed by atoms with E-state index in [9.17, 15) is 4.79 Å². The Morgan fingerprint density at radius 1 is 1.15 bits per heavy atom. The molecular weight excluding hydrogens is 330 g/mol. The summed E-state index contributed by atoms with van der Waals surface area (Å²) in [5, 5.41) is 0. The zero-order valence-electron chi connectivity index (χ0n) is 14.9. The number of hydrogen-bond donors (Lipinski definition) is 0. The van der Waals surface area contributed by atoms with Crippen molar-refractivity contribution < 1.29 is 19.0 Å². The number of rotatable bonds is 5. The molecule has 5 heteroatoms. The third kappa shape index (κ3) is 3.40. The first-order valence-corrected chi connectivity index (χ1v) is 9.02. The summed E-state index contributed by atoms with van der Waals surface area (Å²) in [4.78, 5) is 14.2. The Kier molecular flexibility index (Phi) is 4.80. The molecule has 2 aromatic rings. The zero-order chi connectivity index (χ0) is 17.9. The van der Waals surface area contributed by atoms with Gasteiger partial charge in [0.1, 0.15) is 0 Å². The lowest BCUT2D eigenvalue weighted by Crippen LogP contribution is -2.23. The first-order valence-electron chi connectivity index (χ1n) is 9.02. The summed E-state index contributed by atoms with van der Waals surface area (Å²) in [7, 11) is 1.43. The number of ether oxygens (including phenoxy) is 3. The molecule has 2 heterocycles. The summed E-state index contributed by atoms with van der Waals surface area (Å²) in [5.74, 6) is 1.45. The van der Waals surface area contributed by atoms with Crippen LogP contribution >= 0.6 is 0 Å². The summed E-state index contributed by atoms with van der Waals surface area (Å²) in [6.07, 6.45) is 2.60. The molecule has 136 valence electrons. The lowest BCUT2D eigenvalue weighted by molar-refractivity contribution is -0.139. The van der Waals surface area contributed by atoms with E-state index in [2.05, 4.69) is 23.1 Å². The van der Waals surface area contributed by atoms with Crippen molar-refractivity contribution in [1.82, 2.24) is 4.90 Å². The Hall–Kier alpha value is -2.53. The van der Waals surface area contributed by atoms with E-state index >= 15 is 0 Å². The molecule has 0 aliphatic carbocycles. The van der Waals surface area contributed by atoms with Gasteiger partial charge in [0.15, 0.2) is 11.5 Å². The molecular formula is C21H23NO4. The maximum absolute atomic E-state index is 11.7. The molecule has 1 fully saturated rings. The number of methoxy groups -OCH3 is 1. The van der Waals surface area contributed by atoms with Gasteiger partial charge in [0.25, 0.3) is 0 Å². The molecule has 1 atom stereocenters. The van der Waals surface area contributed by atoms with E-state index in [1.54, 1.807) is 0 Å². The molecule has 1 saturated heterocycles. The lowest BCUT2D eigenvalue weighted by atomic mass is 10.0. The molecule has 0 N–H and O–H groups in total. The number of nitrogens with zero attached hydrogens (tertiary/aromatic N) is 1. The zero-order valence-corrected chi connectivity index (χ0v) is 14.9. The highest BCUT2D eigenvalue weighted by Crippen LogP contribution is 2.39. The highest BCUT2D eigenvalue weighted by atomic mass is 16.7. The number of carbonyl (C=O) groups is 1. The predicted molar refractivity (Wildman–Crippen MR) is 97.1 cm³/mol. The summed E-state index contributed by atoms with van der Waals surface area (Å²) in [6.45, 7) is 2.17. The van der Waals surface area contributed by atoms with Crippen molar-refractivity contribution in [3.05, 3.63) is 59.2 Å². The van der Waals surface area contributed by atoms with Gasteiger partial charge in [0.05, 0.1) is 13.5 Å². The second kappa shape index (κ2) is 7.38. The monoisotopic (exact) mass is 353 g/mol. The van der Waals surface area contributed by atoms with Gasteiger partial charge in [-0.3, -0.25) is 9.69 Å². The number of esters is 1. The minimum atomic E-state index is -0.203. The second-order valence-electron chi connectivity index (χ2n) is 6.76. The van der Waals surface area contributed by atoms with Crippen LogP contribution in [0.4, 0.5) is 0 Å². The van der Waals surface area contributed by atoms with Gasteiger partial charge in [0, 0.05) is 12.6 Å². The van der Waals surface area contributed by atoms with Crippen LogP contribution in [0.25, 0.3) is 0 Å². The van der Waals surface area contributed by atoms with Crippen molar-refractivity contribution in [1.29, 1.82) is 0 Å². The second-order valence-corrected chi connectivity index (χ2v) is 6.76. The lowest BCUT2D eigenvalue weighted by Gasteiger charge is -2.26. The van der Waals surface area contributed by atoms with E-state index in [1.807, 2.05) is 24.3 Å². The van der Waals surface area contributed by atoms with Crippen LogP contribution < -0.4 is 9.47 Å². The van der Waals surface area contributed by atoms with Crippen molar-refractivity contribution in [2.75, 3.05) is 20.4 Å². The SMILES string of the molecule is COC(=O)Cc1ccccc1CN1CCC[C@@H]1c1ccc2c(c1)OCO2. The number of benzene rings is 2. The van der Waals surface area contributed by atoms with Crippen LogP contribution in [0.5, 0.6) is 11.5 Å². The van der Waals surface area contributed by atoms with Gasteiger partial charge in [-0.1, -0.05) is 30.3 Å². The van der Waals surface area contributed by atoms with Crippen LogP contribution in [-0.4, -0.2) is 31.3 Å². The Labute approximate surface area is 153 Å². The van der Waals surface area contributed by atoms with Crippen molar-refractivity contribution in [3.8, 4) is 11.5 Å². The molecule has 0 unspecified atom stereocenters. The molecule has 0 spiro atoms. The molecule has 0 bridgehead atoms. The maximum Gasteiger partial charge on any atom is 0.309 e. The van der Waals surface area contributed by atoms with E-state index in [0.717, 1.165) is 43.0 Å². The van der Waals surface area contributed by atoms with E-state index in [-0.39, 0.29) is 5.97 Å². The standard InChI is InChI=1S/C21H23NO4/c1-24-21(23)12-15-5-2-3-6-17(15)13-22-10-4-7-18(22)16-8-9-19-20(11-16)26-14-25-19/h2-3,5-6,8-9,11,18H,4,7,10,12-14H2,1H3/t18-/m1/s1. The molecule has 2 aliphatic rings. The van der Waals surface area contributed by atoms with Crippen molar-refractivity contribution in [2.24, 2.45) is 0 Å². The van der Waals surface area contributed by atoms with Gasteiger partial charge < -0.3 is 14.2 Å². The number of hydrogen-bond acceptors (Lipinski definition) is 5. The van der Waals surface area contributed by atoms with Crippen molar-refractivity contribution in [2.45, 2.75) is 31.8 Å². The average molecular weight is 353 g/mol. The van der Waals surface area contributed by atoms with Gasteiger partial charge >= 0.3 is 5.97 Å². The Bertz CT molecular complexity index is 804. The highest BCUT2D eigenvalue weighted by Gasteiger charge is 2.28. The molecule has 0 radical (unpaired) electrons. The Balaban J connectivity index is 1.54. The quantitative estimate of drug-likeness (QED) is 0.771. The summed E-state index contributed by atoms with van der Waals surface area (Å²) in [6, 6.07) is 14.7.